The predicted molar refractivity (Wildman–Crippen MR) is 60.8 cm³/mol. The Labute approximate surface area is 104 Å². The molecule has 0 saturated heterocycles. The fraction of sp³-hybridized carbons (Fsp3) is 0.545. The summed E-state index contributed by atoms with van der Waals surface area (Å²) in [5.74, 6) is -0.296. The highest BCUT2D eigenvalue weighted by Gasteiger charge is 2.50. The summed E-state index contributed by atoms with van der Waals surface area (Å²) < 4.78 is 4.92. The van der Waals surface area contributed by atoms with Crippen LogP contribution in [0.1, 0.15) is 24.3 Å². The number of urea groups is 1. The van der Waals surface area contributed by atoms with E-state index >= 15 is 0 Å². The van der Waals surface area contributed by atoms with Crippen LogP contribution in [0.4, 0.5) is 4.79 Å². The van der Waals surface area contributed by atoms with Crippen LogP contribution in [0, 0.1) is 12.3 Å². The summed E-state index contributed by atoms with van der Waals surface area (Å²) in [6.07, 6.45) is 1.23. The summed E-state index contributed by atoms with van der Waals surface area (Å²) in [6.45, 7) is 2.17. The first kappa shape index (κ1) is 12.4. The highest BCUT2D eigenvalue weighted by molar-refractivity contribution is 5.80. The van der Waals surface area contributed by atoms with E-state index < -0.39 is 17.4 Å². The molecule has 98 valence electrons. The first-order chi connectivity index (χ1) is 8.52. The average Bonchev–Trinajstić information content (AvgIpc) is 3.02. The van der Waals surface area contributed by atoms with E-state index in [1.54, 1.807) is 13.0 Å². The predicted octanol–water partition coefficient (Wildman–Crippen LogP) is 0.647. The normalized spacial score (nSPS) is 16.1. The van der Waals surface area contributed by atoms with Crippen molar-refractivity contribution in [1.82, 2.24) is 15.8 Å². The van der Waals surface area contributed by atoms with Crippen LogP contribution >= 0.6 is 0 Å². The van der Waals surface area contributed by atoms with Gasteiger partial charge >= 0.3 is 12.0 Å². The van der Waals surface area contributed by atoms with E-state index in [0.717, 1.165) is 5.69 Å². The minimum atomic E-state index is -0.853. The van der Waals surface area contributed by atoms with Crippen molar-refractivity contribution in [3.63, 3.8) is 0 Å². The number of hydrogen-bond donors (Lipinski definition) is 3. The third-order valence-electron chi connectivity index (χ3n) is 2.99. The summed E-state index contributed by atoms with van der Waals surface area (Å²) >= 11 is 0. The van der Waals surface area contributed by atoms with Gasteiger partial charge in [0.15, 0.2) is 5.76 Å². The molecule has 7 heteroatoms. The van der Waals surface area contributed by atoms with Crippen LogP contribution < -0.4 is 10.6 Å². The largest absolute Gasteiger partial charge is 0.481 e. The van der Waals surface area contributed by atoms with E-state index in [-0.39, 0.29) is 13.1 Å². The zero-order valence-electron chi connectivity index (χ0n) is 10.0. The maximum Gasteiger partial charge on any atom is 0.315 e. The lowest BCUT2D eigenvalue weighted by molar-refractivity contribution is -0.143. The van der Waals surface area contributed by atoms with E-state index in [1.807, 2.05) is 0 Å². The monoisotopic (exact) mass is 253 g/mol. The van der Waals surface area contributed by atoms with Crippen LogP contribution in [0.5, 0.6) is 0 Å². The number of carboxylic acid groups (broad SMARTS) is 1. The standard InChI is InChI=1S/C11H15N3O4/c1-7-4-8(18-14-7)5-12-10(17)13-6-11(2-3-11)9(15)16/h4H,2-3,5-6H2,1H3,(H,15,16)(H2,12,13,17). The van der Waals surface area contributed by atoms with Gasteiger partial charge in [0.25, 0.3) is 0 Å². The molecule has 1 saturated carbocycles. The average molecular weight is 253 g/mol. The number of nitrogens with one attached hydrogen (secondary N) is 2. The second-order valence-corrected chi connectivity index (χ2v) is 4.56. The van der Waals surface area contributed by atoms with Crippen LogP contribution in [0.25, 0.3) is 0 Å². The first-order valence-electron chi connectivity index (χ1n) is 5.69. The van der Waals surface area contributed by atoms with Gasteiger partial charge in [-0.3, -0.25) is 4.79 Å². The molecular formula is C11H15N3O4. The Morgan fingerprint density at radius 2 is 2.22 bits per heavy atom. The third-order valence-corrected chi connectivity index (χ3v) is 2.99. The lowest BCUT2D eigenvalue weighted by atomic mass is 10.1. The molecule has 1 aromatic rings. The van der Waals surface area contributed by atoms with Gasteiger partial charge in [0.2, 0.25) is 0 Å². The number of carbonyl (C=O) groups excluding carboxylic acids is 1. The van der Waals surface area contributed by atoms with Gasteiger partial charge < -0.3 is 20.3 Å². The van der Waals surface area contributed by atoms with Gasteiger partial charge in [-0.1, -0.05) is 5.16 Å². The molecule has 2 rings (SSSR count). The van der Waals surface area contributed by atoms with Crippen molar-refractivity contribution >= 4 is 12.0 Å². The van der Waals surface area contributed by atoms with Crippen LogP contribution in [0.15, 0.2) is 10.6 Å². The van der Waals surface area contributed by atoms with Gasteiger partial charge in [-0.15, -0.1) is 0 Å². The van der Waals surface area contributed by atoms with E-state index in [2.05, 4.69) is 15.8 Å². The Morgan fingerprint density at radius 1 is 1.50 bits per heavy atom. The fourth-order valence-electron chi connectivity index (χ4n) is 1.60. The molecule has 18 heavy (non-hydrogen) atoms. The lowest BCUT2D eigenvalue weighted by Gasteiger charge is -2.11. The van der Waals surface area contributed by atoms with Crippen LogP contribution in [-0.2, 0) is 11.3 Å². The van der Waals surface area contributed by atoms with Crippen molar-refractivity contribution in [2.75, 3.05) is 6.54 Å². The molecule has 7 nitrogen and oxygen atoms in total. The van der Waals surface area contributed by atoms with E-state index in [0.29, 0.717) is 18.6 Å². The molecule has 1 aromatic heterocycles. The number of aliphatic carboxylic acids is 1. The molecule has 0 unspecified atom stereocenters. The van der Waals surface area contributed by atoms with Crippen LogP contribution in [0.3, 0.4) is 0 Å². The summed E-state index contributed by atoms with van der Waals surface area (Å²) in [5, 5.41) is 17.7. The second-order valence-electron chi connectivity index (χ2n) is 4.56. The fourth-order valence-corrected chi connectivity index (χ4v) is 1.60. The maximum atomic E-state index is 11.4. The highest BCUT2D eigenvalue weighted by atomic mass is 16.5. The SMILES string of the molecule is Cc1cc(CNC(=O)NCC2(C(=O)O)CC2)on1. The number of aryl methyl sites for hydroxylation is 1. The zero-order chi connectivity index (χ0) is 13.2. The topological polar surface area (TPSA) is 104 Å². The van der Waals surface area contributed by atoms with Crippen molar-refractivity contribution in [3.05, 3.63) is 17.5 Å². The van der Waals surface area contributed by atoms with Gasteiger partial charge in [-0.2, -0.15) is 0 Å². The van der Waals surface area contributed by atoms with Gasteiger partial charge in [0.1, 0.15) is 0 Å². The first-order valence-corrected chi connectivity index (χ1v) is 5.69. The van der Waals surface area contributed by atoms with Crippen LogP contribution in [0.2, 0.25) is 0 Å². The Morgan fingerprint density at radius 3 is 2.72 bits per heavy atom. The molecule has 1 aliphatic rings. The number of rotatable bonds is 5. The molecular weight excluding hydrogens is 238 g/mol. The zero-order valence-corrected chi connectivity index (χ0v) is 10.0. The minimum absolute atomic E-state index is 0.156. The number of carboxylic acids is 1. The lowest BCUT2D eigenvalue weighted by Crippen LogP contribution is -2.40. The van der Waals surface area contributed by atoms with Gasteiger partial charge in [0.05, 0.1) is 17.7 Å². The number of aromatic nitrogens is 1. The summed E-state index contributed by atoms with van der Waals surface area (Å²) in [6, 6.07) is 1.32. The van der Waals surface area contributed by atoms with Crippen molar-refractivity contribution in [3.8, 4) is 0 Å². The van der Waals surface area contributed by atoms with E-state index in [9.17, 15) is 9.59 Å². The molecule has 1 fully saturated rings. The molecule has 0 radical (unpaired) electrons. The summed E-state index contributed by atoms with van der Waals surface area (Å²) in [7, 11) is 0. The molecule has 1 aliphatic carbocycles. The van der Waals surface area contributed by atoms with Crippen molar-refractivity contribution in [1.29, 1.82) is 0 Å². The van der Waals surface area contributed by atoms with Crippen LogP contribution in [-0.4, -0.2) is 28.8 Å². The number of hydrogen-bond acceptors (Lipinski definition) is 4. The molecule has 3 N–H and O–H groups in total. The van der Waals surface area contributed by atoms with Gasteiger partial charge in [0, 0.05) is 12.6 Å². The molecule has 0 atom stereocenters. The Bertz CT molecular complexity index is 465. The molecule has 0 bridgehead atoms. The second kappa shape index (κ2) is 4.67. The molecule has 0 spiro atoms. The molecule has 0 aromatic carbocycles. The third kappa shape index (κ3) is 2.79. The minimum Gasteiger partial charge on any atom is -0.481 e. The van der Waals surface area contributed by atoms with Gasteiger partial charge in [-0.25, -0.2) is 4.79 Å². The smallest absolute Gasteiger partial charge is 0.315 e. The van der Waals surface area contributed by atoms with E-state index in [1.165, 1.54) is 0 Å². The Hall–Kier alpha value is -2.05. The summed E-state index contributed by atoms with van der Waals surface area (Å²) in [4.78, 5) is 22.3. The maximum absolute atomic E-state index is 11.4. The van der Waals surface area contributed by atoms with Crippen molar-refractivity contribution < 1.29 is 19.2 Å². The highest BCUT2D eigenvalue weighted by Crippen LogP contribution is 2.45. The van der Waals surface area contributed by atoms with E-state index in [4.69, 9.17) is 9.63 Å². The van der Waals surface area contributed by atoms with Crippen molar-refractivity contribution in [2.24, 2.45) is 5.41 Å². The molecule has 0 aliphatic heterocycles. The number of nitrogens with zero attached hydrogens (tertiary/aromatic N) is 1. The number of carbonyl (C=O) groups is 2. The summed E-state index contributed by atoms with van der Waals surface area (Å²) in [5.41, 5.74) is -0.00445. The van der Waals surface area contributed by atoms with Gasteiger partial charge in [-0.05, 0) is 19.8 Å². The number of amides is 2. The quantitative estimate of drug-likeness (QED) is 0.714. The molecule has 2 amide bonds. The molecule has 1 heterocycles. The Balaban J connectivity index is 1.71. The van der Waals surface area contributed by atoms with Crippen molar-refractivity contribution in [2.45, 2.75) is 26.3 Å². The Kier molecular flexibility index (Phi) is 3.22.